The number of aliphatic hydroxyl groups is 1. The van der Waals surface area contributed by atoms with E-state index in [9.17, 15) is 13.2 Å². The highest BCUT2D eigenvalue weighted by Crippen LogP contribution is 2.28. The molecule has 0 aliphatic carbocycles. The molecule has 0 aliphatic rings. The largest absolute Gasteiger partial charge is 0.475 e. The number of nitrogens with one attached hydrogen (secondary N) is 1. The summed E-state index contributed by atoms with van der Waals surface area (Å²) in [6.45, 7) is -0.151. The highest BCUT2D eigenvalue weighted by atomic mass is 79.9. The fourth-order valence-corrected chi connectivity index (χ4v) is 3.53. The minimum absolute atomic E-state index is 0.151. The van der Waals surface area contributed by atoms with Gasteiger partial charge in [0.2, 0.25) is 5.76 Å². The number of halogens is 1. The molecule has 7 nitrogen and oxygen atoms in total. The third kappa shape index (κ3) is 3.43. The van der Waals surface area contributed by atoms with Crippen LogP contribution < -0.4 is 4.72 Å². The van der Waals surface area contributed by atoms with Gasteiger partial charge in [-0.15, -0.1) is 0 Å². The zero-order valence-electron chi connectivity index (χ0n) is 10.4. The van der Waals surface area contributed by atoms with Crippen LogP contribution in [0.3, 0.4) is 0 Å². The number of carbonyl (C=O) groups is 1. The Hall–Kier alpha value is -1.84. The second kappa shape index (κ2) is 5.88. The van der Waals surface area contributed by atoms with Crippen LogP contribution in [-0.2, 0) is 16.6 Å². The van der Waals surface area contributed by atoms with Crippen LogP contribution in [0, 0.1) is 0 Å². The van der Waals surface area contributed by atoms with E-state index < -0.39 is 21.8 Å². The number of carboxylic acid groups (broad SMARTS) is 1. The molecule has 0 amide bonds. The van der Waals surface area contributed by atoms with Gasteiger partial charge in [0.25, 0.3) is 10.0 Å². The number of sulfonamides is 1. The molecule has 112 valence electrons. The Balaban J connectivity index is 2.31. The van der Waals surface area contributed by atoms with E-state index in [0.29, 0.717) is 5.56 Å². The van der Waals surface area contributed by atoms with Gasteiger partial charge < -0.3 is 14.6 Å². The van der Waals surface area contributed by atoms with Gasteiger partial charge in [-0.25, -0.2) is 13.2 Å². The zero-order valence-corrected chi connectivity index (χ0v) is 12.8. The van der Waals surface area contributed by atoms with Crippen molar-refractivity contribution in [2.75, 3.05) is 4.72 Å². The maximum Gasteiger partial charge on any atom is 0.371 e. The van der Waals surface area contributed by atoms with E-state index >= 15 is 0 Å². The first-order chi connectivity index (χ1) is 9.83. The van der Waals surface area contributed by atoms with Crippen LogP contribution >= 0.6 is 15.9 Å². The smallest absolute Gasteiger partial charge is 0.371 e. The molecule has 1 aromatic carbocycles. The van der Waals surface area contributed by atoms with E-state index in [1.54, 1.807) is 12.1 Å². The van der Waals surface area contributed by atoms with Crippen LogP contribution in [-0.4, -0.2) is 24.6 Å². The average molecular weight is 376 g/mol. The first-order valence-corrected chi connectivity index (χ1v) is 7.86. The highest BCUT2D eigenvalue weighted by Gasteiger charge is 2.24. The molecular formula is C12H10BrNO6S. The van der Waals surface area contributed by atoms with Gasteiger partial charge in [0.15, 0.2) is 4.67 Å². The molecule has 2 aromatic rings. The number of hydrogen-bond donors (Lipinski definition) is 3. The third-order valence-electron chi connectivity index (χ3n) is 2.54. The average Bonchev–Trinajstić information content (AvgIpc) is 2.82. The maximum atomic E-state index is 12.2. The minimum Gasteiger partial charge on any atom is -0.475 e. The summed E-state index contributed by atoms with van der Waals surface area (Å²) in [5.74, 6) is -1.86. The molecule has 0 bridgehead atoms. The van der Waals surface area contributed by atoms with Gasteiger partial charge in [-0.1, -0.05) is 12.1 Å². The number of aliphatic hydroxyl groups excluding tert-OH is 1. The molecule has 1 aromatic heterocycles. The molecule has 2 rings (SSSR count). The Morgan fingerprint density at radius 1 is 1.29 bits per heavy atom. The molecule has 0 aliphatic heterocycles. The van der Waals surface area contributed by atoms with Crippen LogP contribution in [0.4, 0.5) is 5.69 Å². The topological polar surface area (TPSA) is 117 Å². The first-order valence-electron chi connectivity index (χ1n) is 5.59. The van der Waals surface area contributed by atoms with Gasteiger partial charge in [0, 0.05) is 11.8 Å². The Morgan fingerprint density at radius 3 is 2.38 bits per heavy atom. The number of hydrogen-bond acceptors (Lipinski definition) is 5. The van der Waals surface area contributed by atoms with E-state index in [0.717, 1.165) is 6.07 Å². The lowest BCUT2D eigenvalue weighted by Crippen LogP contribution is -2.12. The molecule has 0 radical (unpaired) electrons. The van der Waals surface area contributed by atoms with Crippen molar-refractivity contribution in [2.24, 2.45) is 0 Å². The first kappa shape index (κ1) is 15.5. The molecule has 0 saturated carbocycles. The predicted molar refractivity (Wildman–Crippen MR) is 76.5 cm³/mol. The van der Waals surface area contributed by atoms with Crippen LogP contribution in [0.25, 0.3) is 0 Å². The summed E-state index contributed by atoms with van der Waals surface area (Å²) in [6, 6.07) is 7.00. The molecule has 21 heavy (non-hydrogen) atoms. The van der Waals surface area contributed by atoms with Crippen LogP contribution in [0.1, 0.15) is 16.1 Å². The molecule has 0 fully saturated rings. The van der Waals surface area contributed by atoms with Crippen LogP contribution in [0.15, 0.2) is 44.3 Å². The van der Waals surface area contributed by atoms with Crippen molar-refractivity contribution >= 4 is 37.6 Å². The van der Waals surface area contributed by atoms with Crippen molar-refractivity contribution in [3.8, 4) is 0 Å². The molecule has 1 heterocycles. The fourth-order valence-electron chi connectivity index (χ4n) is 1.53. The van der Waals surface area contributed by atoms with Gasteiger partial charge in [-0.2, -0.15) is 0 Å². The second-order valence-electron chi connectivity index (χ2n) is 4.01. The normalized spacial score (nSPS) is 11.3. The number of furan rings is 1. The molecular weight excluding hydrogens is 366 g/mol. The van der Waals surface area contributed by atoms with Gasteiger partial charge in [-0.05, 0) is 33.6 Å². The van der Waals surface area contributed by atoms with Crippen molar-refractivity contribution < 1.29 is 27.8 Å². The van der Waals surface area contributed by atoms with Crippen molar-refractivity contribution in [3.05, 3.63) is 46.3 Å². The summed E-state index contributed by atoms with van der Waals surface area (Å²) in [5, 5.41) is 17.7. The second-order valence-corrected chi connectivity index (χ2v) is 6.39. The Bertz CT molecular complexity index is 766. The summed E-state index contributed by atoms with van der Waals surface area (Å²) in [5.41, 5.74) is 0.910. The monoisotopic (exact) mass is 375 g/mol. The number of carboxylic acids is 1. The van der Waals surface area contributed by atoms with Gasteiger partial charge >= 0.3 is 5.97 Å². The molecule has 3 N–H and O–H groups in total. The van der Waals surface area contributed by atoms with E-state index in [1.165, 1.54) is 12.1 Å². The van der Waals surface area contributed by atoms with E-state index in [2.05, 4.69) is 20.7 Å². The molecule has 0 spiro atoms. The van der Waals surface area contributed by atoms with Crippen molar-refractivity contribution in [1.82, 2.24) is 0 Å². The van der Waals surface area contributed by atoms with E-state index in [1.807, 2.05) is 0 Å². The van der Waals surface area contributed by atoms with Gasteiger partial charge in [0.05, 0.1) is 6.61 Å². The summed E-state index contributed by atoms with van der Waals surface area (Å²) in [4.78, 5) is 10.5. The van der Waals surface area contributed by atoms with E-state index in [-0.39, 0.29) is 21.9 Å². The molecule has 0 atom stereocenters. The number of rotatable bonds is 5. The number of anilines is 1. The lowest BCUT2D eigenvalue weighted by Gasteiger charge is -2.07. The van der Waals surface area contributed by atoms with Gasteiger partial charge in [0.1, 0.15) is 4.90 Å². The zero-order chi connectivity index (χ0) is 15.6. The predicted octanol–water partition coefficient (Wildman–Crippen LogP) is 2.03. The Morgan fingerprint density at radius 2 is 1.90 bits per heavy atom. The lowest BCUT2D eigenvalue weighted by molar-refractivity contribution is 0.0661. The lowest BCUT2D eigenvalue weighted by atomic mass is 10.2. The van der Waals surface area contributed by atoms with Crippen molar-refractivity contribution in [3.63, 3.8) is 0 Å². The summed E-state index contributed by atoms with van der Waals surface area (Å²) < 4.78 is 31.2. The summed E-state index contributed by atoms with van der Waals surface area (Å²) >= 11 is 2.88. The summed E-state index contributed by atoms with van der Waals surface area (Å²) in [7, 11) is -3.99. The maximum absolute atomic E-state index is 12.2. The van der Waals surface area contributed by atoms with Crippen LogP contribution in [0.2, 0.25) is 0 Å². The molecule has 9 heteroatoms. The molecule has 0 unspecified atom stereocenters. The number of benzene rings is 1. The Kier molecular flexibility index (Phi) is 4.35. The summed E-state index contributed by atoms with van der Waals surface area (Å²) in [6.07, 6.45) is 0. The van der Waals surface area contributed by atoms with Crippen molar-refractivity contribution in [1.29, 1.82) is 0 Å². The molecule has 0 saturated heterocycles. The Labute approximate surface area is 128 Å². The van der Waals surface area contributed by atoms with Crippen LogP contribution in [0.5, 0.6) is 0 Å². The van der Waals surface area contributed by atoms with Crippen molar-refractivity contribution in [2.45, 2.75) is 11.5 Å². The fraction of sp³-hybridized carbons (Fsp3) is 0.0833. The van der Waals surface area contributed by atoms with E-state index in [4.69, 9.17) is 14.6 Å². The standard InChI is InChI=1S/C12H10BrNO6S/c13-11-10(5-9(20-11)12(16)17)21(18,19)14-8-3-1-7(6-15)2-4-8/h1-5,14-15H,6H2,(H,16,17). The third-order valence-corrected chi connectivity index (χ3v) is 4.78. The quantitative estimate of drug-likeness (QED) is 0.735. The number of aromatic carboxylic acids is 1. The van der Waals surface area contributed by atoms with Gasteiger partial charge in [-0.3, -0.25) is 4.72 Å². The minimum atomic E-state index is -3.99. The SMILES string of the molecule is O=C(O)c1cc(S(=O)(=O)Nc2ccc(CO)cc2)c(Br)o1. The highest BCUT2D eigenvalue weighted by molar-refractivity contribution is 9.10.